The Bertz CT molecular complexity index is 301. The second kappa shape index (κ2) is 13.0. The Morgan fingerprint density at radius 3 is 2.43 bits per heavy atom. The first-order valence-corrected chi connectivity index (χ1v) is 8.51. The minimum atomic E-state index is -0.417. The standard InChI is InChI=1S/C15H31N3O2S/c1-4-14(19)13(2)17-15(20)16-9-11-18(3)10-7-5-6-8-12-21/h13,21H,4-12H2,1-3H3,(H2,16,17,20)/t13-/m1/s1. The second-order valence-electron chi connectivity index (χ2n) is 5.38. The number of amides is 2. The SMILES string of the molecule is CCC(=O)[C@@H](C)NC(=O)NCCN(C)CCCCCCS. The van der Waals surface area contributed by atoms with Crippen LogP contribution in [-0.2, 0) is 4.79 Å². The van der Waals surface area contributed by atoms with Crippen LogP contribution in [0.3, 0.4) is 0 Å². The van der Waals surface area contributed by atoms with Crippen molar-refractivity contribution in [1.82, 2.24) is 15.5 Å². The maximum absolute atomic E-state index is 11.6. The predicted octanol–water partition coefficient (Wildman–Crippen LogP) is 2.08. The number of ketones is 1. The number of hydrogen-bond donors (Lipinski definition) is 3. The van der Waals surface area contributed by atoms with Gasteiger partial charge in [-0.2, -0.15) is 12.6 Å². The first-order chi connectivity index (χ1) is 10.0. The Balaban J connectivity index is 3.59. The number of urea groups is 1. The molecule has 0 fully saturated rings. The van der Waals surface area contributed by atoms with Gasteiger partial charge in [-0.1, -0.05) is 19.8 Å². The number of likely N-dealkylation sites (N-methyl/N-ethyl adjacent to an activating group) is 1. The average Bonchev–Trinajstić information content (AvgIpc) is 2.46. The molecule has 0 aromatic rings. The fourth-order valence-corrected chi connectivity index (χ4v) is 2.18. The molecule has 0 radical (unpaired) electrons. The van der Waals surface area contributed by atoms with Crippen molar-refractivity contribution in [3.63, 3.8) is 0 Å². The lowest BCUT2D eigenvalue weighted by atomic mass is 10.2. The summed E-state index contributed by atoms with van der Waals surface area (Å²) < 4.78 is 0. The Hall–Kier alpha value is -0.750. The first kappa shape index (κ1) is 20.2. The Kier molecular flexibility index (Phi) is 12.5. The molecule has 0 saturated carbocycles. The van der Waals surface area contributed by atoms with Crippen molar-refractivity contribution in [2.75, 3.05) is 32.4 Å². The zero-order valence-electron chi connectivity index (χ0n) is 13.7. The van der Waals surface area contributed by atoms with Crippen LogP contribution in [0.15, 0.2) is 0 Å². The van der Waals surface area contributed by atoms with Crippen molar-refractivity contribution in [3.05, 3.63) is 0 Å². The van der Waals surface area contributed by atoms with Gasteiger partial charge in [-0.05, 0) is 39.1 Å². The molecule has 124 valence electrons. The van der Waals surface area contributed by atoms with Crippen molar-refractivity contribution < 1.29 is 9.59 Å². The van der Waals surface area contributed by atoms with Gasteiger partial charge in [-0.25, -0.2) is 4.79 Å². The molecule has 2 amide bonds. The molecule has 0 aliphatic rings. The van der Waals surface area contributed by atoms with Gasteiger partial charge in [0, 0.05) is 19.5 Å². The van der Waals surface area contributed by atoms with Crippen molar-refractivity contribution in [1.29, 1.82) is 0 Å². The molecule has 0 rings (SSSR count). The topological polar surface area (TPSA) is 61.4 Å². The number of rotatable bonds is 12. The van der Waals surface area contributed by atoms with E-state index in [9.17, 15) is 9.59 Å². The van der Waals surface area contributed by atoms with Crippen LogP contribution in [0.2, 0.25) is 0 Å². The van der Waals surface area contributed by atoms with E-state index in [0.717, 1.165) is 18.8 Å². The Morgan fingerprint density at radius 2 is 1.81 bits per heavy atom. The smallest absolute Gasteiger partial charge is 0.315 e. The third-order valence-electron chi connectivity index (χ3n) is 3.41. The molecular formula is C15H31N3O2S. The lowest BCUT2D eigenvalue weighted by molar-refractivity contribution is -0.120. The van der Waals surface area contributed by atoms with Gasteiger partial charge in [0.1, 0.15) is 0 Å². The number of carbonyl (C=O) groups is 2. The third kappa shape index (κ3) is 11.6. The predicted molar refractivity (Wildman–Crippen MR) is 91.1 cm³/mol. The van der Waals surface area contributed by atoms with E-state index in [-0.39, 0.29) is 11.8 Å². The molecule has 0 aliphatic heterocycles. The van der Waals surface area contributed by atoms with Crippen LogP contribution in [0.5, 0.6) is 0 Å². The number of nitrogens with zero attached hydrogens (tertiary/aromatic N) is 1. The molecule has 2 N–H and O–H groups in total. The van der Waals surface area contributed by atoms with Gasteiger partial charge >= 0.3 is 6.03 Å². The van der Waals surface area contributed by atoms with E-state index in [1.165, 1.54) is 25.7 Å². The molecule has 0 aromatic heterocycles. The summed E-state index contributed by atoms with van der Waals surface area (Å²) in [5, 5.41) is 5.43. The van der Waals surface area contributed by atoms with Gasteiger partial charge in [-0.15, -0.1) is 0 Å². The van der Waals surface area contributed by atoms with E-state index in [1.807, 2.05) is 0 Å². The van der Waals surface area contributed by atoms with Crippen LogP contribution in [0.1, 0.15) is 46.0 Å². The van der Waals surface area contributed by atoms with Crippen LogP contribution in [0.25, 0.3) is 0 Å². The minimum Gasteiger partial charge on any atom is -0.337 e. The molecule has 0 unspecified atom stereocenters. The summed E-state index contributed by atoms with van der Waals surface area (Å²) in [4.78, 5) is 25.2. The Morgan fingerprint density at radius 1 is 1.14 bits per heavy atom. The van der Waals surface area contributed by atoms with Crippen LogP contribution >= 0.6 is 12.6 Å². The van der Waals surface area contributed by atoms with Gasteiger partial charge in [0.15, 0.2) is 5.78 Å². The molecule has 1 atom stereocenters. The number of unbranched alkanes of at least 4 members (excludes halogenated alkanes) is 3. The summed E-state index contributed by atoms with van der Waals surface area (Å²) in [6, 6.07) is -0.689. The van der Waals surface area contributed by atoms with Crippen LogP contribution in [-0.4, -0.2) is 55.2 Å². The van der Waals surface area contributed by atoms with Gasteiger partial charge in [0.25, 0.3) is 0 Å². The van der Waals surface area contributed by atoms with E-state index >= 15 is 0 Å². The number of nitrogens with one attached hydrogen (secondary N) is 2. The molecule has 21 heavy (non-hydrogen) atoms. The van der Waals surface area contributed by atoms with Crippen molar-refractivity contribution in [2.45, 2.75) is 52.0 Å². The van der Waals surface area contributed by atoms with Crippen LogP contribution in [0, 0.1) is 0 Å². The van der Waals surface area contributed by atoms with Crippen LogP contribution in [0.4, 0.5) is 4.79 Å². The van der Waals surface area contributed by atoms with Gasteiger partial charge in [-0.3, -0.25) is 4.79 Å². The summed E-state index contributed by atoms with van der Waals surface area (Å²) in [6.45, 7) is 5.95. The highest BCUT2D eigenvalue weighted by Gasteiger charge is 2.12. The zero-order valence-corrected chi connectivity index (χ0v) is 14.5. The summed E-state index contributed by atoms with van der Waals surface area (Å²) in [5.41, 5.74) is 0. The molecule has 0 heterocycles. The molecule has 5 nitrogen and oxygen atoms in total. The third-order valence-corrected chi connectivity index (χ3v) is 3.72. The quantitative estimate of drug-likeness (QED) is 0.381. The van der Waals surface area contributed by atoms with Crippen molar-refractivity contribution in [3.8, 4) is 0 Å². The fraction of sp³-hybridized carbons (Fsp3) is 0.867. The molecule has 0 aliphatic carbocycles. The van der Waals surface area contributed by atoms with E-state index in [1.54, 1.807) is 13.8 Å². The highest BCUT2D eigenvalue weighted by Crippen LogP contribution is 2.01. The van der Waals surface area contributed by atoms with E-state index < -0.39 is 6.04 Å². The van der Waals surface area contributed by atoms with E-state index in [0.29, 0.717) is 13.0 Å². The molecule has 0 spiro atoms. The maximum atomic E-state index is 11.6. The molecule has 0 aromatic carbocycles. The summed E-state index contributed by atoms with van der Waals surface area (Å²) in [6.07, 6.45) is 5.27. The molecule has 6 heteroatoms. The van der Waals surface area contributed by atoms with Gasteiger partial charge < -0.3 is 15.5 Å². The highest BCUT2D eigenvalue weighted by atomic mass is 32.1. The van der Waals surface area contributed by atoms with E-state index in [2.05, 4.69) is 35.2 Å². The number of carbonyl (C=O) groups excluding carboxylic acids is 2. The van der Waals surface area contributed by atoms with Gasteiger partial charge in [0.05, 0.1) is 6.04 Å². The summed E-state index contributed by atoms with van der Waals surface area (Å²) >= 11 is 4.19. The first-order valence-electron chi connectivity index (χ1n) is 7.87. The summed E-state index contributed by atoms with van der Waals surface area (Å²) in [7, 11) is 2.06. The zero-order chi connectivity index (χ0) is 16.1. The van der Waals surface area contributed by atoms with Crippen molar-refractivity contribution >= 4 is 24.4 Å². The largest absolute Gasteiger partial charge is 0.337 e. The highest BCUT2D eigenvalue weighted by molar-refractivity contribution is 7.80. The van der Waals surface area contributed by atoms with Crippen LogP contribution < -0.4 is 10.6 Å². The average molecular weight is 317 g/mol. The lowest BCUT2D eigenvalue weighted by Gasteiger charge is -2.18. The molecule has 0 saturated heterocycles. The summed E-state index contributed by atoms with van der Waals surface area (Å²) in [5.74, 6) is 1.01. The lowest BCUT2D eigenvalue weighted by Crippen LogP contribution is -2.46. The van der Waals surface area contributed by atoms with E-state index in [4.69, 9.17) is 0 Å². The second-order valence-corrected chi connectivity index (χ2v) is 5.83. The Labute approximate surface area is 134 Å². The number of hydrogen-bond acceptors (Lipinski definition) is 4. The maximum Gasteiger partial charge on any atom is 0.315 e. The molecule has 0 bridgehead atoms. The molecular weight excluding hydrogens is 286 g/mol. The van der Waals surface area contributed by atoms with Gasteiger partial charge in [0.2, 0.25) is 0 Å². The monoisotopic (exact) mass is 317 g/mol. The minimum absolute atomic E-state index is 0.0449. The number of thiol groups is 1. The number of Topliss-reactive ketones (excluding diaryl/α,β-unsaturated/α-hetero) is 1. The normalized spacial score (nSPS) is 12.2. The van der Waals surface area contributed by atoms with Crippen molar-refractivity contribution in [2.24, 2.45) is 0 Å². The fourth-order valence-electron chi connectivity index (χ4n) is 1.95.